The van der Waals surface area contributed by atoms with Gasteiger partial charge in [-0.25, -0.2) is 8.78 Å². The van der Waals surface area contributed by atoms with Gasteiger partial charge < -0.3 is 10.6 Å². The highest BCUT2D eigenvalue weighted by atomic mass is 19.1. The molecule has 0 radical (unpaired) electrons. The van der Waals surface area contributed by atoms with E-state index < -0.39 is 17.5 Å². The van der Waals surface area contributed by atoms with E-state index in [1.807, 2.05) is 19.9 Å². The van der Waals surface area contributed by atoms with E-state index in [2.05, 4.69) is 17.2 Å². The summed E-state index contributed by atoms with van der Waals surface area (Å²) in [5, 5.41) is 5.85. The van der Waals surface area contributed by atoms with Gasteiger partial charge in [-0.05, 0) is 42.2 Å². The van der Waals surface area contributed by atoms with Crippen LogP contribution in [0.3, 0.4) is 0 Å². The fourth-order valence-corrected chi connectivity index (χ4v) is 3.54. The van der Waals surface area contributed by atoms with Gasteiger partial charge in [0.25, 0.3) is 5.91 Å². The number of carbonyl (C=O) groups is 2. The molecule has 1 saturated heterocycles. The molecule has 0 aromatic heterocycles. The fourth-order valence-electron chi connectivity index (χ4n) is 3.54. The van der Waals surface area contributed by atoms with Gasteiger partial charge in [0, 0.05) is 30.1 Å². The lowest BCUT2D eigenvalue weighted by Gasteiger charge is -2.37. The van der Waals surface area contributed by atoms with Crippen LogP contribution < -0.4 is 10.6 Å². The standard InChI is InChI=1S/C24H27F2N3O2/c1-14(2)22-11-23(30)29(16(4)28-22)13-17-9-8-15(3)18(10-17)24(31)27-12-19-20(25)6-5-7-21(19)26/h5-10,14,22,28H,4,11-13H2,1-3H3,(H,27,31). The van der Waals surface area contributed by atoms with Crippen molar-refractivity contribution in [2.75, 3.05) is 0 Å². The number of nitrogens with one attached hydrogen (secondary N) is 2. The number of hydrogen-bond donors (Lipinski definition) is 2. The predicted octanol–water partition coefficient (Wildman–Crippen LogP) is 4.02. The van der Waals surface area contributed by atoms with Crippen molar-refractivity contribution in [2.45, 2.75) is 46.3 Å². The molecule has 2 N–H and O–H groups in total. The summed E-state index contributed by atoms with van der Waals surface area (Å²) in [6, 6.07) is 8.95. The van der Waals surface area contributed by atoms with Gasteiger partial charge in [-0.1, -0.05) is 38.6 Å². The summed E-state index contributed by atoms with van der Waals surface area (Å²) in [6.07, 6.45) is 0.379. The number of carbonyl (C=O) groups excluding carboxylic acids is 2. The van der Waals surface area contributed by atoms with Gasteiger partial charge in [0.05, 0.1) is 6.54 Å². The minimum absolute atomic E-state index is 0.0240. The number of halogens is 2. The number of benzene rings is 2. The van der Waals surface area contributed by atoms with Crippen molar-refractivity contribution in [3.8, 4) is 0 Å². The Kier molecular flexibility index (Phi) is 6.73. The van der Waals surface area contributed by atoms with E-state index in [-0.39, 0.29) is 30.6 Å². The molecule has 2 aromatic carbocycles. The van der Waals surface area contributed by atoms with Gasteiger partial charge in [-0.2, -0.15) is 0 Å². The average molecular weight is 427 g/mol. The molecular formula is C24H27F2N3O2. The Morgan fingerprint density at radius 2 is 1.94 bits per heavy atom. The van der Waals surface area contributed by atoms with Crippen LogP contribution in [-0.2, 0) is 17.9 Å². The van der Waals surface area contributed by atoms with E-state index in [4.69, 9.17) is 0 Å². The maximum Gasteiger partial charge on any atom is 0.251 e. The van der Waals surface area contributed by atoms with Crippen LogP contribution in [0.25, 0.3) is 0 Å². The second-order valence-corrected chi connectivity index (χ2v) is 8.16. The van der Waals surface area contributed by atoms with Gasteiger partial charge in [-0.3, -0.25) is 14.5 Å². The van der Waals surface area contributed by atoms with Crippen LogP contribution in [0.2, 0.25) is 0 Å². The molecule has 0 spiro atoms. The summed E-state index contributed by atoms with van der Waals surface area (Å²) in [7, 11) is 0. The minimum atomic E-state index is -0.708. The summed E-state index contributed by atoms with van der Waals surface area (Å²) >= 11 is 0. The van der Waals surface area contributed by atoms with Gasteiger partial charge in [0.1, 0.15) is 17.5 Å². The first-order chi connectivity index (χ1) is 14.7. The molecule has 1 heterocycles. The van der Waals surface area contributed by atoms with Gasteiger partial charge in [0.15, 0.2) is 0 Å². The van der Waals surface area contributed by atoms with Crippen LogP contribution in [0.4, 0.5) is 8.78 Å². The van der Waals surface area contributed by atoms with Crippen LogP contribution in [0, 0.1) is 24.5 Å². The van der Waals surface area contributed by atoms with Crippen LogP contribution >= 0.6 is 0 Å². The van der Waals surface area contributed by atoms with Crippen LogP contribution in [0.1, 0.15) is 47.3 Å². The Hall–Kier alpha value is -3.22. The summed E-state index contributed by atoms with van der Waals surface area (Å²) in [5.41, 5.74) is 1.67. The second-order valence-electron chi connectivity index (χ2n) is 8.16. The lowest BCUT2D eigenvalue weighted by Crippen LogP contribution is -2.50. The maximum atomic E-state index is 13.8. The average Bonchev–Trinajstić information content (AvgIpc) is 2.71. The summed E-state index contributed by atoms with van der Waals surface area (Å²) in [4.78, 5) is 26.9. The van der Waals surface area contributed by atoms with Crippen molar-refractivity contribution in [2.24, 2.45) is 5.92 Å². The summed E-state index contributed by atoms with van der Waals surface area (Å²) in [5.74, 6) is -1.04. The van der Waals surface area contributed by atoms with Crippen LogP contribution in [0.15, 0.2) is 48.8 Å². The molecule has 164 valence electrons. The highest BCUT2D eigenvalue weighted by molar-refractivity contribution is 5.95. The Bertz CT molecular complexity index is 982. The third kappa shape index (κ3) is 5.10. The number of aryl methyl sites for hydroxylation is 1. The normalized spacial score (nSPS) is 16.5. The Morgan fingerprint density at radius 1 is 1.26 bits per heavy atom. The first-order valence-corrected chi connectivity index (χ1v) is 10.2. The molecule has 0 aliphatic carbocycles. The SMILES string of the molecule is C=C1NC(C(C)C)CC(=O)N1Cc1ccc(C)c(C(=O)NCc2c(F)cccc2F)c1. The topological polar surface area (TPSA) is 61.4 Å². The molecule has 1 aliphatic heterocycles. The van der Waals surface area contributed by atoms with E-state index in [0.29, 0.717) is 23.7 Å². The Balaban J connectivity index is 1.72. The Labute approximate surface area is 181 Å². The number of nitrogens with zero attached hydrogens (tertiary/aromatic N) is 1. The number of amides is 2. The predicted molar refractivity (Wildman–Crippen MR) is 115 cm³/mol. The molecule has 31 heavy (non-hydrogen) atoms. The molecule has 1 atom stereocenters. The molecule has 3 rings (SSSR count). The first kappa shape index (κ1) is 22.5. The van der Waals surface area contributed by atoms with Crippen LogP contribution in [0.5, 0.6) is 0 Å². The molecule has 1 unspecified atom stereocenters. The molecule has 7 heteroatoms. The van der Waals surface area contributed by atoms with Gasteiger partial charge in [-0.15, -0.1) is 0 Å². The lowest BCUT2D eigenvalue weighted by atomic mass is 9.97. The molecule has 2 amide bonds. The molecule has 0 saturated carbocycles. The van der Waals surface area contributed by atoms with E-state index in [1.54, 1.807) is 24.0 Å². The first-order valence-electron chi connectivity index (χ1n) is 10.2. The van der Waals surface area contributed by atoms with Gasteiger partial charge >= 0.3 is 0 Å². The van der Waals surface area contributed by atoms with Crippen LogP contribution in [-0.4, -0.2) is 22.8 Å². The van der Waals surface area contributed by atoms with E-state index >= 15 is 0 Å². The molecule has 2 aromatic rings. The van der Waals surface area contributed by atoms with Crippen molar-refractivity contribution in [1.82, 2.24) is 15.5 Å². The molecular weight excluding hydrogens is 400 g/mol. The third-order valence-electron chi connectivity index (χ3n) is 5.55. The van der Waals surface area contributed by atoms with Crippen molar-refractivity contribution in [1.29, 1.82) is 0 Å². The zero-order valence-corrected chi connectivity index (χ0v) is 18.0. The monoisotopic (exact) mass is 427 g/mol. The highest BCUT2D eigenvalue weighted by Crippen LogP contribution is 2.22. The maximum absolute atomic E-state index is 13.8. The quantitative estimate of drug-likeness (QED) is 0.732. The number of rotatable bonds is 6. The molecule has 0 bridgehead atoms. The largest absolute Gasteiger partial charge is 0.368 e. The van der Waals surface area contributed by atoms with Gasteiger partial charge in [0.2, 0.25) is 5.91 Å². The molecule has 5 nitrogen and oxygen atoms in total. The van der Waals surface area contributed by atoms with Crippen molar-refractivity contribution in [3.05, 3.63) is 82.7 Å². The second kappa shape index (κ2) is 9.29. The Morgan fingerprint density at radius 3 is 2.55 bits per heavy atom. The zero-order chi connectivity index (χ0) is 22.7. The summed E-state index contributed by atoms with van der Waals surface area (Å²) in [6.45, 7) is 9.86. The lowest BCUT2D eigenvalue weighted by molar-refractivity contribution is -0.132. The molecule has 1 fully saturated rings. The van der Waals surface area contributed by atoms with E-state index in [0.717, 1.165) is 23.3 Å². The van der Waals surface area contributed by atoms with Crippen molar-refractivity contribution in [3.63, 3.8) is 0 Å². The highest BCUT2D eigenvalue weighted by Gasteiger charge is 2.30. The molecule has 1 aliphatic rings. The third-order valence-corrected chi connectivity index (χ3v) is 5.55. The zero-order valence-electron chi connectivity index (χ0n) is 18.0. The van der Waals surface area contributed by atoms with E-state index in [9.17, 15) is 18.4 Å². The van der Waals surface area contributed by atoms with Crippen molar-refractivity contribution >= 4 is 11.8 Å². The smallest absolute Gasteiger partial charge is 0.251 e. The van der Waals surface area contributed by atoms with E-state index in [1.165, 1.54) is 6.07 Å². The fraction of sp³-hybridized carbons (Fsp3) is 0.333. The minimum Gasteiger partial charge on any atom is -0.368 e. The summed E-state index contributed by atoms with van der Waals surface area (Å²) < 4.78 is 27.6. The van der Waals surface area contributed by atoms with Crippen molar-refractivity contribution < 1.29 is 18.4 Å². The number of hydrogen-bond acceptors (Lipinski definition) is 3.